The van der Waals surface area contributed by atoms with Gasteiger partial charge in [0.1, 0.15) is 11.5 Å². The second-order valence-corrected chi connectivity index (χ2v) is 5.35. The quantitative estimate of drug-likeness (QED) is 0.435. The summed E-state index contributed by atoms with van der Waals surface area (Å²) in [6.45, 7) is 0. The zero-order chi connectivity index (χ0) is 17.5. The van der Waals surface area contributed by atoms with E-state index >= 15 is 0 Å². The van der Waals surface area contributed by atoms with E-state index in [4.69, 9.17) is 0 Å². The molecule has 0 saturated heterocycles. The van der Waals surface area contributed by atoms with Crippen LogP contribution in [0.4, 0.5) is 0 Å². The topological polar surface area (TPSA) is 62.0 Å². The van der Waals surface area contributed by atoms with Crippen molar-refractivity contribution in [2.45, 2.75) is 0 Å². The van der Waals surface area contributed by atoms with Crippen molar-refractivity contribution in [3.8, 4) is 5.75 Å². The van der Waals surface area contributed by atoms with E-state index in [0.717, 1.165) is 5.56 Å². The average Bonchev–Trinajstić information content (AvgIpc) is 2.67. The maximum atomic E-state index is 12.8. The highest BCUT2D eigenvalue weighted by Gasteiger charge is 2.15. The molecule has 4 nitrogen and oxygen atoms in total. The van der Waals surface area contributed by atoms with E-state index in [9.17, 15) is 9.90 Å². The maximum Gasteiger partial charge on any atom is 0.213 e. The maximum absolute atomic E-state index is 12.8. The number of rotatable bonds is 5. The molecule has 0 amide bonds. The van der Waals surface area contributed by atoms with Gasteiger partial charge in [0.25, 0.3) is 0 Å². The van der Waals surface area contributed by atoms with E-state index in [1.54, 1.807) is 42.6 Å². The van der Waals surface area contributed by atoms with Gasteiger partial charge in [0.15, 0.2) is 0 Å². The van der Waals surface area contributed by atoms with E-state index in [0.29, 0.717) is 11.1 Å². The van der Waals surface area contributed by atoms with Crippen molar-refractivity contribution in [1.29, 1.82) is 0 Å². The second kappa shape index (κ2) is 7.84. The van der Waals surface area contributed by atoms with Crippen LogP contribution < -0.4 is 0 Å². The van der Waals surface area contributed by atoms with Crippen molar-refractivity contribution in [3.63, 3.8) is 0 Å². The smallest absolute Gasteiger partial charge is 0.213 e. The summed E-state index contributed by atoms with van der Waals surface area (Å²) in [5.74, 6) is -0.000428. The molecule has 0 bridgehead atoms. The molecule has 0 fully saturated rings. The number of benzene rings is 3. The summed E-state index contributed by atoms with van der Waals surface area (Å²) in [5.41, 5.74) is 2.33. The molecule has 0 aromatic heterocycles. The molecule has 0 heterocycles. The lowest BCUT2D eigenvalue weighted by atomic mass is 10.0. The lowest BCUT2D eigenvalue weighted by molar-refractivity contribution is 0.106. The zero-order valence-corrected chi connectivity index (χ0v) is 13.4. The average molecular weight is 328 g/mol. The summed E-state index contributed by atoms with van der Waals surface area (Å²) >= 11 is 0. The first-order valence-electron chi connectivity index (χ1n) is 7.79. The number of hydrogen-bond acceptors (Lipinski definition) is 4. The fourth-order valence-corrected chi connectivity index (χ4v) is 2.27. The van der Waals surface area contributed by atoms with Crippen LogP contribution in [0.25, 0.3) is 0 Å². The first-order chi connectivity index (χ1) is 12.2. The molecule has 3 rings (SSSR count). The lowest BCUT2D eigenvalue weighted by Crippen LogP contribution is -2.15. The molecule has 3 aromatic rings. The SMILES string of the molecule is O=C(/C(=N\N=C\c1ccc(O)cc1)c1ccccc1)c1ccccc1. The third-order valence-electron chi connectivity index (χ3n) is 3.56. The van der Waals surface area contributed by atoms with E-state index in [1.807, 2.05) is 48.5 Å². The fourth-order valence-electron chi connectivity index (χ4n) is 2.27. The fraction of sp³-hybridized carbons (Fsp3) is 0. The van der Waals surface area contributed by atoms with Gasteiger partial charge in [-0.3, -0.25) is 4.79 Å². The molecule has 4 heteroatoms. The van der Waals surface area contributed by atoms with E-state index < -0.39 is 0 Å². The van der Waals surface area contributed by atoms with Gasteiger partial charge in [0.05, 0.1) is 6.21 Å². The second-order valence-electron chi connectivity index (χ2n) is 5.35. The number of ketones is 1. The summed E-state index contributed by atoms with van der Waals surface area (Å²) in [4.78, 5) is 12.8. The molecule has 1 N–H and O–H groups in total. The molecule has 25 heavy (non-hydrogen) atoms. The van der Waals surface area contributed by atoms with E-state index in [2.05, 4.69) is 10.2 Å². The number of hydrogen-bond donors (Lipinski definition) is 1. The molecular formula is C21H16N2O2. The highest BCUT2D eigenvalue weighted by Crippen LogP contribution is 2.10. The first-order valence-corrected chi connectivity index (χ1v) is 7.79. The van der Waals surface area contributed by atoms with Crippen molar-refractivity contribution in [2.75, 3.05) is 0 Å². The predicted octanol–water partition coefficient (Wildman–Crippen LogP) is 4.10. The van der Waals surface area contributed by atoms with Gasteiger partial charge >= 0.3 is 0 Å². The Hall–Kier alpha value is -3.53. The molecule has 0 spiro atoms. The Labute approximate surface area is 145 Å². The van der Waals surface area contributed by atoms with Crippen LogP contribution in [0.15, 0.2) is 95.1 Å². The van der Waals surface area contributed by atoms with E-state index in [1.165, 1.54) is 0 Å². The highest BCUT2D eigenvalue weighted by atomic mass is 16.3. The summed E-state index contributed by atoms with van der Waals surface area (Å²) < 4.78 is 0. The largest absolute Gasteiger partial charge is 0.508 e. The Bertz CT molecular complexity index is 900. The molecule has 0 aliphatic heterocycles. The molecular weight excluding hydrogens is 312 g/mol. The molecule has 0 saturated carbocycles. The molecule has 0 unspecified atom stereocenters. The first kappa shape index (κ1) is 16.3. The van der Waals surface area contributed by atoms with Crippen LogP contribution in [0.1, 0.15) is 21.5 Å². The van der Waals surface area contributed by atoms with Crippen molar-refractivity contribution in [2.24, 2.45) is 10.2 Å². The number of carbonyl (C=O) groups excluding carboxylic acids is 1. The minimum Gasteiger partial charge on any atom is -0.508 e. The van der Waals surface area contributed by atoms with Gasteiger partial charge < -0.3 is 5.11 Å². The molecule has 3 aromatic carbocycles. The number of carbonyl (C=O) groups is 1. The van der Waals surface area contributed by atoms with Crippen LogP contribution in [0.2, 0.25) is 0 Å². The van der Waals surface area contributed by atoms with Gasteiger partial charge in [-0.1, -0.05) is 60.7 Å². The van der Waals surface area contributed by atoms with Crippen molar-refractivity contribution < 1.29 is 9.90 Å². The molecule has 0 radical (unpaired) electrons. The molecule has 122 valence electrons. The van der Waals surface area contributed by atoms with E-state index in [-0.39, 0.29) is 17.2 Å². The van der Waals surface area contributed by atoms with Crippen LogP contribution in [0, 0.1) is 0 Å². The van der Waals surface area contributed by atoms with Crippen LogP contribution >= 0.6 is 0 Å². The molecule has 0 aliphatic carbocycles. The minimum atomic E-state index is -0.186. The lowest BCUT2D eigenvalue weighted by Gasteiger charge is -2.04. The number of phenolic OH excluding ortho intramolecular Hbond substituents is 1. The summed E-state index contributed by atoms with van der Waals surface area (Å²) in [5, 5.41) is 17.5. The van der Waals surface area contributed by atoms with Crippen molar-refractivity contribution >= 4 is 17.7 Å². The van der Waals surface area contributed by atoms with Gasteiger partial charge in [-0.2, -0.15) is 5.10 Å². The van der Waals surface area contributed by atoms with Gasteiger partial charge in [-0.15, -0.1) is 5.10 Å². The predicted molar refractivity (Wildman–Crippen MR) is 99.5 cm³/mol. The standard InChI is InChI=1S/C21H16N2O2/c24-19-13-11-16(12-14-19)15-22-23-20(17-7-3-1-4-8-17)21(25)18-9-5-2-6-10-18/h1-15,24H/b22-15+,23-20-. The Balaban J connectivity index is 1.94. The van der Waals surface area contributed by atoms with Crippen molar-refractivity contribution in [3.05, 3.63) is 102 Å². The Morgan fingerprint density at radius 1 is 0.760 bits per heavy atom. The van der Waals surface area contributed by atoms with Crippen LogP contribution in [-0.4, -0.2) is 22.8 Å². The van der Waals surface area contributed by atoms with Crippen LogP contribution in [0.3, 0.4) is 0 Å². The number of Topliss-reactive ketones (excluding diaryl/α,β-unsaturated/α-hetero) is 1. The molecule has 0 aliphatic rings. The Morgan fingerprint density at radius 3 is 1.92 bits per heavy atom. The zero-order valence-electron chi connectivity index (χ0n) is 13.4. The van der Waals surface area contributed by atoms with Gasteiger partial charge in [0.2, 0.25) is 5.78 Å². The third-order valence-corrected chi connectivity index (χ3v) is 3.56. The number of aromatic hydroxyl groups is 1. The normalized spacial score (nSPS) is 11.6. The monoisotopic (exact) mass is 328 g/mol. The highest BCUT2D eigenvalue weighted by molar-refractivity contribution is 6.51. The summed E-state index contributed by atoms with van der Waals surface area (Å²) in [6, 6.07) is 24.8. The summed E-state index contributed by atoms with van der Waals surface area (Å²) in [7, 11) is 0. The minimum absolute atomic E-state index is 0.185. The Kier molecular flexibility index (Phi) is 5.12. The molecule has 0 atom stereocenters. The van der Waals surface area contributed by atoms with Gasteiger partial charge in [-0.25, -0.2) is 0 Å². The van der Waals surface area contributed by atoms with Gasteiger partial charge in [0, 0.05) is 11.1 Å². The van der Waals surface area contributed by atoms with Crippen LogP contribution in [0.5, 0.6) is 5.75 Å². The van der Waals surface area contributed by atoms with Crippen molar-refractivity contribution in [1.82, 2.24) is 0 Å². The van der Waals surface area contributed by atoms with Crippen LogP contribution in [-0.2, 0) is 0 Å². The third kappa shape index (κ3) is 4.26. The van der Waals surface area contributed by atoms with Gasteiger partial charge in [-0.05, 0) is 29.8 Å². The number of nitrogens with zero attached hydrogens (tertiary/aromatic N) is 2. The number of phenols is 1. The summed E-state index contributed by atoms with van der Waals surface area (Å²) in [6.07, 6.45) is 1.54. The Morgan fingerprint density at radius 2 is 1.32 bits per heavy atom.